The summed E-state index contributed by atoms with van der Waals surface area (Å²) in [6.07, 6.45) is 0.548. The molecule has 1 aromatic heterocycles. The number of benzene rings is 3. The third kappa shape index (κ3) is 5.57. The van der Waals surface area contributed by atoms with Gasteiger partial charge in [0.1, 0.15) is 5.58 Å². The molecule has 5 rings (SSSR count). The number of sulfonamides is 1. The number of ether oxygens (including phenoxy) is 1. The number of nitrogens with one attached hydrogen (secondary N) is 1. The summed E-state index contributed by atoms with van der Waals surface area (Å²) in [5, 5.41) is 4.02. The summed E-state index contributed by atoms with van der Waals surface area (Å²) >= 11 is 0. The van der Waals surface area contributed by atoms with E-state index in [1.165, 1.54) is 4.31 Å². The van der Waals surface area contributed by atoms with E-state index in [4.69, 9.17) is 9.15 Å². The van der Waals surface area contributed by atoms with Crippen molar-refractivity contribution in [1.29, 1.82) is 0 Å². The minimum Gasteiger partial charge on any atom is -0.460 e. The van der Waals surface area contributed by atoms with Gasteiger partial charge in [-0.05, 0) is 63.1 Å². The molecule has 1 aliphatic heterocycles. The molecule has 9 heteroatoms. The van der Waals surface area contributed by atoms with Crippen LogP contribution in [0.1, 0.15) is 35.5 Å². The average molecular weight is 562 g/mol. The highest BCUT2D eigenvalue weighted by atomic mass is 32.2. The lowest BCUT2D eigenvalue weighted by atomic mass is 10.1. The zero-order valence-electron chi connectivity index (χ0n) is 23.1. The predicted octanol–water partition coefficient (Wildman–Crippen LogP) is 5.15. The summed E-state index contributed by atoms with van der Waals surface area (Å²) < 4.78 is 41.2. The lowest BCUT2D eigenvalue weighted by molar-refractivity contribution is 0.0491. The van der Waals surface area contributed by atoms with Gasteiger partial charge in [0.25, 0.3) is 10.0 Å². The summed E-state index contributed by atoms with van der Waals surface area (Å²) in [6.45, 7) is 8.46. The number of carbonyl (C=O) groups excluding carboxylic acids is 1. The van der Waals surface area contributed by atoms with Crippen LogP contribution in [0.3, 0.4) is 0 Å². The first-order valence-electron chi connectivity index (χ1n) is 13.6. The van der Waals surface area contributed by atoms with E-state index in [2.05, 4.69) is 17.1 Å². The molecule has 2 heterocycles. The first-order chi connectivity index (χ1) is 19.3. The van der Waals surface area contributed by atoms with Crippen molar-refractivity contribution >= 4 is 38.3 Å². The Morgan fingerprint density at radius 2 is 1.85 bits per heavy atom. The number of esters is 1. The van der Waals surface area contributed by atoms with Gasteiger partial charge in [-0.1, -0.05) is 42.5 Å². The second kappa shape index (κ2) is 11.7. The number of carbonyl (C=O) groups is 1. The van der Waals surface area contributed by atoms with Crippen LogP contribution in [-0.4, -0.2) is 53.2 Å². The fourth-order valence-electron chi connectivity index (χ4n) is 5.22. The van der Waals surface area contributed by atoms with Crippen LogP contribution in [0, 0.1) is 6.92 Å². The number of anilines is 2. The second-order valence-electron chi connectivity index (χ2n) is 10.0. The van der Waals surface area contributed by atoms with Gasteiger partial charge in [-0.25, -0.2) is 13.2 Å². The van der Waals surface area contributed by atoms with Crippen molar-refractivity contribution < 1.29 is 22.4 Å². The molecule has 0 spiro atoms. The zero-order chi connectivity index (χ0) is 28.3. The van der Waals surface area contributed by atoms with Crippen molar-refractivity contribution in [3.05, 3.63) is 89.7 Å². The molecule has 1 saturated heterocycles. The van der Waals surface area contributed by atoms with E-state index in [1.807, 2.05) is 54.6 Å². The average Bonchev–Trinajstić information content (AvgIpc) is 3.30. The minimum absolute atomic E-state index is 0.0884. The van der Waals surface area contributed by atoms with Gasteiger partial charge in [-0.3, -0.25) is 4.31 Å². The van der Waals surface area contributed by atoms with Crippen molar-refractivity contribution in [1.82, 2.24) is 5.32 Å². The first-order valence-corrected chi connectivity index (χ1v) is 15.1. The highest BCUT2D eigenvalue weighted by Gasteiger charge is 2.30. The molecular formula is C31H35N3O5S. The minimum atomic E-state index is -4.00. The molecule has 1 aliphatic rings. The molecule has 1 N–H and O–H groups in total. The maximum absolute atomic E-state index is 14.4. The summed E-state index contributed by atoms with van der Waals surface area (Å²) in [5.41, 5.74) is 3.57. The molecule has 1 fully saturated rings. The highest BCUT2D eigenvalue weighted by Crippen LogP contribution is 2.36. The van der Waals surface area contributed by atoms with Gasteiger partial charge in [-0.2, -0.15) is 0 Å². The van der Waals surface area contributed by atoms with E-state index in [0.29, 0.717) is 28.6 Å². The second-order valence-corrected chi connectivity index (χ2v) is 11.9. The molecule has 40 heavy (non-hydrogen) atoms. The molecule has 3 aromatic carbocycles. The number of fused-ring (bicyclic) bond motifs is 1. The zero-order valence-corrected chi connectivity index (χ0v) is 23.9. The van der Waals surface area contributed by atoms with Gasteiger partial charge < -0.3 is 19.4 Å². The maximum atomic E-state index is 14.4. The van der Waals surface area contributed by atoms with Gasteiger partial charge in [0.15, 0.2) is 0 Å². The third-order valence-corrected chi connectivity index (χ3v) is 9.07. The molecule has 1 atom stereocenters. The standard InChI is InChI=1S/C31H35N3O5S/c1-4-38-31(35)30-23(3)26-20-25(14-15-29(26)39-30)40(36,37)34(18-16-24-10-6-5-7-11-24)28-13-9-8-12-27(28)33-19-17-32-22(2)21-33/h5-15,20,22,32H,4,16-19,21H2,1-3H3. The lowest BCUT2D eigenvalue weighted by Gasteiger charge is -2.37. The van der Waals surface area contributed by atoms with Crippen LogP contribution in [0.2, 0.25) is 0 Å². The van der Waals surface area contributed by atoms with Crippen molar-refractivity contribution in [2.45, 2.75) is 38.1 Å². The number of furan rings is 1. The molecule has 1 unspecified atom stereocenters. The van der Waals surface area contributed by atoms with E-state index in [-0.39, 0.29) is 29.8 Å². The number of aryl methyl sites for hydroxylation is 1. The Balaban J connectivity index is 1.58. The Morgan fingerprint density at radius 1 is 1.10 bits per heavy atom. The van der Waals surface area contributed by atoms with Crippen LogP contribution in [0.5, 0.6) is 0 Å². The van der Waals surface area contributed by atoms with Crippen LogP contribution < -0.4 is 14.5 Å². The molecule has 0 bridgehead atoms. The Labute approximate surface area is 235 Å². The van der Waals surface area contributed by atoms with E-state index >= 15 is 0 Å². The number of para-hydroxylation sites is 2. The van der Waals surface area contributed by atoms with Crippen molar-refractivity contribution in [3.63, 3.8) is 0 Å². The molecule has 0 saturated carbocycles. The summed E-state index contributed by atoms with van der Waals surface area (Å²) in [5.74, 6) is -0.477. The molecule has 0 amide bonds. The normalized spacial score (nSPS) is 15.8. The topological polar surface area (TPSA) is 92.1 Å². The quantitative estimate of drug-likeness (QED) is 0.283. The molecule has 210 valence electrons. The van der Waals surface area contributed by atoms with E-state index in [0.717, 1.165) is 30.9 Å². The number of piperazine rings is 1. The number of hydrogen-bond donors (Lipinski definition) is 1. The predicted molar refractivity (Wildman–Crippen MR) is 158 cm³/mol. The van der Waals surface area contributed by atoms with E-state index < -0.39 is 16.0 Å². The van der Waals surface area contributed by atoms with Crippen LogP contribution in [0.15, 0.2) is 82.1 Å². The molecule has 8 nitrogen and oxygen atoms in total. The number of nitrogens with zero attached hydrogens (tertiary/aromatic N) is 2. The van der Waals surface area contributed by atoms with Crippen LogP contribution in [0.25, 0.3) is 11.0 Å². The van der Waals surface area contributed by atoms with Crippen molar-refractivity contribution in [2.24, 2.45) is 0 Å². The monoisotopic (exact) mass is 561 g/mol. The smallest absolute Gasteiger partial charge is 0.374 e. The maximum Gasteiger partial charge on any atom is 0.374 e. The highest BCUT2D eigenvalue weighted by molar-refractivity contribution is 7.92. The molecule has 4 aromatic rings. The fraction of sp³-hybridized carbons (Fsp3) is 0.323. The molecule has 0 radical (unpaired) electrons. The molecular weight excluding hydrogens is 526 g/mol. The van der Waals surface area contributed by atoms with Crippen LogP contribution in [-0.2, 0) is 21.2 Å². The Hall–Kier alpha value is -3.82. The van der Waals surface area contributed by atoms with Crippen LogP contribution in [0.4, 0.5) is 11.4 Å². The van der Waals surface area contributed by atoms with Gasteiger partial charge in [-0.15, -0.1) is 0 Å². The Kier molecular flexibility index (Phi) is 8.14. The number of rotatable bonds is 9. The van der Waals surface area contributed by atoms with Gasteiger partial charge in [0.2, 0.25) is 5.76 Å². The largest absolute Gasteiger partial charge is 0.460 e. The van der Waals surface area contributed by atoms with Gasteiger partial charge in [0.05, 0.1) is 22.9 Å². The SMILES string of the molecule is CCOC(=O)c1oc2ccc(S(=O)(=O)N(CCc3ccccc3)c3ccccc3N3CCNC(C)C3)cc2c1C. The van der Waals surface area contributed by atoms with E-state index in [9.17, 15) is 13.2 Å². The fourth-order valence-corrected chi connectivity index (χ4v) is 6.72. The Morgan fingerprint density at radius 3 is 2.60 bits per heavy atom. The lowest BCUT2D eigenvalue weighted by Crippen LogP contribution is -2.49. The summed E-state index contributed by atoms with van der Waals surface area (Å²) in [4.78, 5) is 14.8. The Bertz CT molecular complexity index is 1600. The number of hydrogen-bond acceptors (Lipinski definition) is 7. The molecule has 0 aliphatic carbocycles. The first kappa shape index (κ1) is 27.7. The van der Waals surface area contributed by atoms with Crippen molar-refractivity contribution in [3.8, 4) is 0 Å². The van der Waals surface area contributed by atoms with Crippen molar-refractivity contribution in [2.75, 3.05) is 42.0 Å². The van der Waals surface area contributed by atoms with Gasteiger partial charge >= 0.3 is 5.97 Å². The van der Waals surface area contributed by atoms with Crippen LogP contribution >= 0.6 is 0 Å². The van der Waals surface area contributed by atoms with Gasteiger partial charge in [0, 0.05) is 43.2 Å². The van der Waals surface area contributed by atoms with E-state index in [1.54, 1.807) is 32.0 Å². The summed E-state index contributed by atoms with van der Waals surface area (Å²) in [6, 6.07) is 22.6. The third-order valence-electron chi connectivity index (χ3n) is 7.26. The summed E-state index contributed by atoms with van der Waals surface area (Å²) in [7, 11) is -4.00.